The van der Waals surface area contributed by atoms with E-state index in [1.807, 2.05) is 23.7 Å². The fourth-order valence-corrected chi connectivity index (χ4v) is 4.00. The minimum Gasteiger partial charge on any atom is -0.379 e. The zero-order chi connectivity index (χ0) is 16.1. The molecular weight excluding hydrogens is 306 g/mol. The van der Waals surface area contributed by atoms with Crippen molar-refractivity contribution in [3.8, 4) is 0 Å². The second-order valence-electron chi connectivity index (χ2n) is 6.02. The Kier molecular flexibility index (Phi) is 5.78. The maximum atomic E-state index is 5.52. The Hall–Kier alpha value is -1.27. The summed E-state index contributed by atoms with van der Waals surface area (Å²) >= 11 is 1.90. The van der Waals surface area contributed by atoms with Gasteiger partial charge in [0.1, 0.15) is 0 Å². The van der Waals surface area contributed by atoms with Gasteiger partial charge in [-0.15, -0.1) is 11.3 Å². The summed E-state index contributed by atoms with van der Waals surface area (Å²) in [5, 5.41) is 3.70. The zero-order valence-corrected chi connectivity index (χ0v) is 14.7. The second-order valence-corrected chi connectivity index (χ2v) is 7.34. The van der Waals surface area contributed by atoms with Gasteiger partial charge in [0, 0.05) is 47.8 Å². The molecule has 0 aromatic carbocycles. The highest BCUT2D eigenvalue weighted by Crippen LogP contribution is 2.28. The lowest BCUT2D eigenvalue weighted by Crippen LogP contribution is -2.42. The van der Waals surface area contributed by atoms with Gasteiger partial charge in [0.15, 0.2) is 0 Å². The minimum absolute atomic E-state index is 0.322. The van der Waals surface area contributed by atoms with E-state index in [2.05, 4.69) is 53.3 Å². The summed E-state index contributed by atoms with van der Waals surface area (Å²) < 4.78 is 5.52. The van der Waals surface area contributed by atoms with Gasteiger partial charge < -0.3 is 10.1 Å². The molecule has 5 heteroatoms. The molecule has 4 nitrogen and oxygen atoms in total. The summed E-state index contributed by atoms with van der Waals surface area (Å²) in [6.45, 7) is 9.02. The number of nitrogens with one attached hydrogen (secondary N) is 1. The van der Waals surface area contributed by atoms with Crippen molar-refractivity contribution in [1.82, 2.24) is 15.2 Å². The highest BCUT2D eigenvalue weighted by Gasteiger charge is 2.24. The Morgan fingerprint density at radius 3 is 2.61 bits per heavy atom. The van der Waals surface area contributed by atoms with Crippen LogP contribution in [0.3, 0.4) is 0 Å². The Bertz CT molecular complexity index is 595. The van der Waals surface area contributed by atoms with Crippen LogP contribution < -0.4 is 5.32 Å². The first-order valence-corrected chi connectivity index (χ1v) is 9.07. The summed E-state index contributed by atoms with van der Waals surface area (Å²) in [4.78, 5) is 9.46. The van der Waals surface area contributed by atoms with E-state index in [0.29, 0.717) is 12.1 Å². The first kappa shape index (κ1) is 16.6. The number of rotatable bonds is 6. The van der Waals surface area contributed by atoms with Gasteiger partial charge in [0.25, 0.3) is 0 Å². The van der Waals surface area contributed by atoms with Crippen LogP contribution in [0.25, 0.3) is 0 Å². The van der Waals surface area contributed by atoms with Crippen molar-refractivity contribution in [1.29, 1.82) is 0 Å². The third-order valence-corrected chi connectivity index (χ3v) is 5.50. The van der Waals surface area contributed by atoms with Gasteiger partial charge in [-0.3, -0.25) is 9.88 Å². The second kappa shape index (κ2) is 8.02. The maximum absolute atomic E-state index is 5.52. The van der Waals surface area contributed by atoms with Gasteiger partial charge in [-0.05, 0) is 43.7 Å². The number of ether oxygens (including phenoxy) is 1. The lowest BCUT2D eigenvalue weighted by molar-refractivity contribution is 0.0164. The summed E-state index contributed by atoms with van der Waals surface area (Å²) in [5.74, 6) is 0. The maximum Gasteiger partial charge on any atom is 0.0594 e. The van der Waals surface area contributed by atoms with Crippen LogP contribution in [-0.4, -0.2) is 42.7 Å². The van der Waals surface area contributed by atoms with Crippen LogP contribution in [0.2, 0.25) is 0 Å². The number of morpholine rings is 1. The standard InChI is InChI=1S/C18H25N3OS/c1-14-3-4-18(23-14)17(21-9-11-22-12-10-21)13-20-15(2)16-5-7-19-8-6-16/h3-8,15,17,20H,9-13H2,1-2H3. The van der Waals surface area contributed by atoms with Crippen LogP contribution in [0.15, 0.2) is 36.7 Å². The normalized spacial score (nSPS) is 18.7. The molecule has 0 aliphatic carbocycles. The van der Waals surface area contributed by atoms with E-state index in [1.54, 1.807) is 0 Å². The number of hydrogen-bond acceptors (Lipinski definition) is 5. The average Bonchev–Trinajstić information content (AvgIpc) is 3.03. The molecule has 3 rings (SSSR count). The number of aryl methyl sites for hydroxylation is 1. The van der Waals surface area contributed by atoms with Crippen molar-refractivity contribution in [2.45, 2.75) is 25.9 Å². The van der Waals surface area contributed by atoms with Crippen LogP contribution >= 0.6 is 11.3 Å². The van der Waals surface area contributed by atoms with E-state index in [1.165, 1.54) is 15.3 Å². The first-order valence-electron chi connectivity index (χ1n) is 8.25. The predicted octanol–water partition coefficient (Wildman–Crippen LogP) is 3.18. The number of aromatic nitrogens is 1. The van der Waals surface area contributed by atoms with E-state index < -0.39 is 0 Å². The van der Waals surface area contributed by atoms with Crippen LogP contribution in [0.4, 0.5) is 0 Å². The van der Waals surface area contributed by atoms with Crippen molar-refractivity contribution in [2.75, 3.05) is 32.8 Å². The van der Waals surface area contributed by atoms with Gasteiger partial charge in [-0.25, -0.2) is 0 Å². The Morgan fingerprint density at radius 2 is 1.96 bits per heavy atom. The molecule has 2 aromatic heterocycles. The minimum atomic E-state index is 0.322. The van der Waals surface area contributed by atoms with Crippen molar-refractivity contribution < 1.29 is 4.74 Å². The van der Waals surface area contributed by atoms with E-state index in [4.69, 9.17) is 4.74 Å². The van der Waals surface area contributed by atoms with Gasteiger partial charge in [0.2, 0.25) is 0 Å². The number of hydrogen-bond donors (Lipinski definition) is 1. The lowest BCUT2D eigenvalue weighted by atomic mass is 10.1. The molecule has 2 unspecified atom stereocenters. The van der Waals surface area contributed by atoms with Crippen molar-refractivity contribution in [3.05, 3.63) is 52.0 Å². The molecule has 23 heavy (non-hydrogen) atoms. The molecule has 1 saturated heterocycles. The molecular formula is C18H25N3OS. The van der Waals surface area contributed by atoms with Gasteiger partial charge in [-0.2, -0.15) is 0 Å². The molecule has 124 valence electrons. The number of thiophene rings is 1. The largest absolute Gasteiger partial charge is 0.379 e. The third kappa shape index (κ3) is 4.38. The van der Waals surface area contributed by atoms with Gasteiger partial charge in [0.05, 0.1) is 19.3 Å². The van der Waals surface area contributed by atoms with Gasteiger partial charge in [-0.1, -0.05) is 0 Å². The molecule has 0 radical (unpaired) electrons. The predicted molar refractivity (Wildman–Crippen MR) is 94.8 cm³/mol. The monoisotopic (exact) mass is 331 g/mol. The highest BCUT2D eigenvalue weighted by molar-refractivity contribution is 7.12. The van der Waals surface area contributed by atoms with Crippen LogP contribution in [0.1, 0.15) is 34.3 Å². The highest BCUT2D eigenvalue weighted by atomic mass is 32.1. The SMILES string of the molecule is Cc1ccc(C(CNC(C)c2ccncc2)N2CCOCC2)s1. The number of pyridine rings is 1. The lowest BCUT2D eigenvalue weighted by Gasteiger charge is -2.34. The fraction of sp³-hybridized carbons (Fsp3) is 0.500. The molecule has 0 spiro atoms. The Labute approximate surface area is 142 Å². The van der Waals surface area contributed by atoms with Crippen molar-refractivity contribution in [2.24, 2.45) is 0 Å². The van der Waals surface area contributed by atoms with E-state index >= 15 is 0 Å². The quantitative estimate of drug-likeness (QED) is 0.882. The average molecular weight is 331 g/mol. The molecule has 1 aliphatic heterocycles. The summed E-state index contributed by atoms with van der Waals surface area (Å²) in [6, 6.07) is 9.40. The van der Waals surface area contributed by atoms with E-state index in [9.17, 15) is 0 Å². The smallest absolute Gasteiger partial charge is 0.0594 e. The number of nitrogens with zero attached hydrogens (tertiary/aromatic N) is 2. The topological polar surface area (TPSA) is 37.4 Å². The fourth-order valence-electron chi connectivity index (χ4n) is 2.99. The molecule has 3 heterocycles. The molecule has 0 amide bonds. The molecule has 2 atom stereocenters. The third-order valence-electron chi connectivity index (χ3n) is 4.40. The van der Waals surface area contributed by atoms with Crippen molar-refractivity contribution in [3.63, 3.8) is 0 Å². The molecule has 0 bridgehead atoms. The molecule has 1 N–H and O–H groups in total. The van der Waals surface area contributed by atoms with Crippen LogP contribution in [0, 0.1) is 6.92 Å². The molecule has 0 saturated carbocycles. The van der Waals surface area contributed by atoms with E-state index in [0.717, 1.165) is 32.8 Å². The Balaban J connectivity index is 1.68. The molecule has 1 aliphatic rings. The molecule has 2 aromatic rings. The summed E-state index contributed by atoms with van der Waals surface area (Å²) in [5.41, 5.74) is 1.28. The first-order chi connectivity index (χ1) is 11.2. The van der Waals surface area contributed by atoms with Crippen molar-refractivity contribution >= 4 is 11.3 Å². The van der Waals surface area contributed by atoms with Crippen LogP contribution in [-0.2, 0) is 4.74 Å². The van der Waals surface area contributed by atoms with Crippen LogP contribution in [0.5, 0.6) is 0 Å². The van der Waals surface area contributed by atoms with E-state index in [-0.39, 0.29) is 0 Å². The van der Waals surface area contributed by atoms with Gasteiger partial charge >= 0.3 is 0 Å². The zero-order valence-electron chi connectivity index (χ0n) is 13.9. The Morgan fingerprint density at radius 1 is 1.22 bits per heavy atom. The summed E-state index contributed by atoms with van der Waals surface area (Å²) in [6.07, 6.45) is 3.71. The summed E-state index contributed by atoms with van der Waals surface area (Å²) in [7, 11) is 0. The molecule has 1 fully saturated rings.